The van der Waals surface area contributed by atoms with E-state index < -0.39 is 0 Å². The summed E-state index contributed by atoms with van der Waals surface area (Å²) in [5, 5.41) is 3.33. The van der Waals surface area contributed by atoms with Crippen LogP contribution in [0.1, 0.15) is 13.3 Å². The molecule has 2 heterocycles. The number of rotatable bonds is 5. The van der Waals surface area contributed by atoms with Crippen LogP contribution in [0.15, 0.2) is 47.4 Å². The zero-order valence-corrected chi connectivity index (χ0v) is 10.8. The highest BCUT2D eigenvalue weighted by Crippen LogP contribution is 2.19. The minimum Gasteiger partial charge on any atom is -0.424 e. The van der Waals surface area contributed by atoms with Gasteiger partial charge in [0.25, 0.3) is 6.01 Å². The van der Waals surface area contributed by atoms with Crippen molar-refractivity contribution in [2.45, 2.75) is 25.9 Å². The van der Waals surface area contributed by atoms with Gasteiger partial charge in [-0.3, -0.25) is 0 Å². The number of aromatic nitrogens is 3. The highest BCUT2D eigenvalue weighted by atomic mass is 16.4. The molecule has 1 atom stereocenters. The van der Waals surface area contributed by atoms with Crippen molar-refractivity contribution < 1.29 is 4.42 Å². The van der Waals surface area contributed by atoms with Gasteiger partial charge in [-0.1, -0.05) is 19.1 Å². The van der Waals surface area contributed by atoms with Crippen LogP contribution < -0.4 is 5.32 Å². The zero-order chi connectivity index (χ0) is 13.1. The van der Waals surface area contributed by atoms with E-state index in [1.165, 1.54) is 0 Å². The lowest BCUT2D eigenvalue weighted by Crippen LogP contribution is -2.24. The molecule has 19 heavy (non-hydrogen) atoms. The fourth-order valence-corrected chi connectivity index (χ4v) is 2.03. The van der Waals surface area contributed by atoms with Crippen molar-refractivity contribution >= 4 is 17.1 Å². The van der Waals surface area contributed by atoms with E-state index in [1.807, 2.05) is 41.4 Å². The number of anilines is 1. The second kappa shape index (κ2) is 5.14. The first-order valence-electron chi connectivity index (χ1n) is 6.43. The molecule has 0 aliphatic rings. The van der Waals surface area contributed by atoms with Crippen LogP contribution in [0.3, 0.4) is 0 Å². The molecule has 3 aromatic rings. The zero-order valence-electron chi connectivity index (χ0n) is 10.8. The predicted octanol–water partition coefficient (Wildman–Crippen LogP) is 2.92. The van der Waals surface area contributed by atoms with E-state index in [0.29, 0.717) is 6.01 Å². The number of imidazole rings is 1. The maximum absolute atomic E-state index is 5.67. The van der Waals surface area contributed by atoms with E-state index in [0.717, 1.165) is 24.1 Å². The minimum absolute atomic E-state index is 0.266. The Morgan fingerprint density at radius 3 is 3.00 bits per heavy atom. The van der Waals surface area contributed by atoms with E-state index in [1.54, 1.807) is 6.20 Å². The molecule has 2 aromatic heterocycles. The van der Waals surface area contributed by atoms with Crippen LogP contribution in [0.4, 0.5) is 6.01 Å². The summed E-state index contributed by atoms with van der Waals surface area (Å²) in [7, 11) is 0. The largest absolute Gasteiger partial charge is 0.424 e. The third-order valence-corrected chi connectivity index (χ3v) is 3.10. The molecule has 1 unspecified atom stereocenters. The van der Waals surface area contributed by atoms with Gasteiger partial charge in [-0.25, -0.2) is 4.98 Å². The van der Waals surface area contributed by atoms with Gasteiger partial charge in [0.1, 0.15) is 5.52 Å². The van der Waals surface area contributed by atoms with Crippen LogP contribution in [0.5, 0.6) is 0 Å². The van der Waals surface area contributed by atoms with Gasteiger partial charge >= 0.3 is 0 Å². The quantitative estimate of drug-likeness (QED) is 0.762. The summed E-state index contributed by atoms with van der Waals surface area (Å²) in [6, 6.07) is 8.61. The Morgan fingerprint density at radius 2 is 2.26 bits per heavy atom. The highest BCUT2D eigenvalue weighted by Gasteiger charge is 2.11. The predicted molar refractivity (Wildman–Crippen MR) is 73.9 cm³/mol. The van der Waals surface area contributed by atoms with Crippen molar-refractivity contribution in [1.29, 1.82) is 0 Å². The molecule has 5 heteroatoms. The Bertz CT molecular complexity index is 611. The van der Waals surface area contributed by atoms with Crippen LogP contribution in [0.25, 0.3) is 11.1 Å². The van der Waals surface area contributed by atoms with Crippen LogP contribution >= 0.6 is 0 Å². The van der Waals surface area contributed by atoms with Gasteiger partial charge in [0.15, 0.2) is 5.58 Å². The second-order valence-electron chi connectivity index (χ2n) is 4.50. The minimum atomic E-state index is 0.266. The number of oxazole rings is 1. The molecule has 0 radical (unpaired) electrons. The molecule has 0 amide bonds. The lowest BCUT2D eigenvalue weighted by atomic mass is 10.2. The smallest absolute Gasteiger partial charge is 0.295 e. The van der Waals surface area contributed by atoms with Gasteiger partial charge in [-0.15, -0.1) is 0 Å². The topological polar surface area (TPSA) is 55.9 Å². The number of hydrogen-bond acceptors (Lipinski definition) is 4. The van der Waals surface area contributed by atoms with E-state index in [2.05, 4.69) is 22.2 Å². The molecule has 5 nitrogen and oxygen atoms in total. The molecule has 1 aromatic carbocycles. The standard InChI is InChI=1S/C14H16N4O/c1-2-11(9-18-8-7-15-10-18)16-14-17-12-5-3-4-6-13(12)19-14/h3-8,10-11H,2,9H2,1H3,(H,16,17). The molecular formula is C14H16N4O. The number of para-hydroxylation sites is 2. The summed E-state index contributed by atoms with van der Waals surface area (Å²) in [6.45, 7) is 2.98. The van der Waals surface area contributed by atoms with Crippen molar-refractivity contribution in [2.75, 3.05) is 5.32 Å². The Hall–Kier alpha value is -2.30. The molecule has 1 N–H and O–H groups in total. The first kappa shape index (κ1) is 11.8. The van der Waals surface area contributed by atoms with Crippen molar-refractivity contribution in [2.24, 2.45) is 0 Å². The first-order chi connectivity index (χ1) is 9.35. The molecule has 0 aliphatic carbocycles. The maximum Gasteiger partial charge on any atom is 0.295 e. The number of fused-ring (bicyclic) bond motifs is 1. The molecule has 0 saturated heterocycles. The fourth-order valence-electron chi connectivity index (χ4n) is 2.03. The molecule has 3 rings (SSSR count). The summed E-state index contributed by atoms with van der Waals surface area (Å²) in [4.78, 5) is 8.47. The SMILES string of the molecule is CCC(Cn1ccnc1)Nc1nc2ccccc2o1. The molecule has 0 bridgehead atoms. The molecule has 0 spiro atoms. The fraction of sp³-hybridized carbons (Fsp3) is 0.286. The Labute approximate surface area is 111 Å². The van der Waals surface area contributed by atoms with E-state index in [-0.39, 0.29) is 6.04 Å². The van der Waals surface area contributed by atoms with Crippen molar-refractivity contribution in [3.05, 3.63) is 43.0 Å². The van der Waals surface area contributed by atoms with Crippen molar-refractivity contribution in [3.63, 3.8) is 0 Å². The van der Waals surface area contributed by atoms with E-state index in [9.17, 15) is 0 Å². The van der Waals surface area contributed by atoms with Gasteiger partial charge in [0.05, 0.1) is 6.33 Å². The summed E-state index contributed by atoms with van der Waals surface area (Å²) < 4.78 is 7.72. The first-order valence-corrected chi connectivity index (χ1v) is 6.43. The number of nitrogens with one attached hydrogen (secondary N) is 1. The average molecular weight is 256 g/mol. The molecule has 98 valence electrons. The van der Waals surface area contributed by atoms with Crippen molar-refractivity contribution in [3.8, 4) is 0 Å². The summed E-state index contributed by atoms with van der Waals surface area (Å²) in [6.07, 6.45) is 6.54. The molecule has 0 fully saturated rings. The van der Waals surface area contributed by atoms with Crippen LogP contribution in [0.2, 0.25) is 0 Å². The summed E-state index contributed by atoms with van der Waals surface area (Å²) >= 11 is 0. The number of nitrogens with zero attached hydrogens (tertiary/aromatic N) is 3. The summed E-state index contributed by atoms with van der Waals surface area (Å²) in [5.41, 5.74) is 1.69. The third kappa shape index (κ3) is 2.59. The summed E-state index contributed by atoms with van der Waals surface area (Å²) in [5.74, 6) is 0. The van der Waals surface area contributed by atoms with Crippen LogP contribution in [-0.4, -0.2) is 20.6 Å². The Kier molecular flexibility index (Phi) is 3.18. The monoisotopic (exact) mass is 256 g/mol. The van der Waals surface area contributed by atoms with Gasteiger partial charge in [-0.2, -0.15) is 4.98 Å². The average Bonchev–Trinajstić information content (AvgIpc) is 3.06. The number of benzene rings is 1. The third-order valence-electron chi connectivity index (χ3n) is 3.10. The second-order valence-corrected chi connectivity index (χ2v) is 4.50. The van der Waals surface area contributed by atoms with Crippen molar-refractivity contribution in [1.82, 2.24) is 14.5 Å². The van der Waals surface area contributed by atoms with Crippen LogP contribution in [-0.2, 0) is 6.54 Å². The van der Waals surface area contributed by atoms with Gasteiger partial charge < -0.3 is 14.3 Å². The Morgan fingerprint density at radius 1 is 1.37 bits per heavy atom. The lowest BCUT2D eigenvalue weighted by molar-refractivity contribution is 0.534. The van der Waals surface area contributed by atoms with E-state index >= 15 is 0 Å². The molecule has 0 saturated carbocycles. The van der Waals surface area contributed by atoms with Crippen LogP contribution in [0, 0.1) is 0 Å². The number of hydrogen-bond donors (Lipinski definition) is 1. The highest BCUT2D eigenvalue weighted by molar-refractivity contribution is 5.74. The normalized spacial score (nSPS) is 12.7. The Balaban J connectivity index is 1.74. The molecule has 0 aliphatic heterocycles. The lowest BCUT2D eigenvalue weighted by Gasteiger charge is -2.15. The van der Waals surface area contributed by atoms with E-state index in [4.69, 9.17) is 4.42 Å². The van der Waals surface area contributed by atoms with Gasteiger partial charge in [0, 0.05) is 25.0 Å². The van der Waals surface area contributed by atoms with Gasteiger partial charge in [-0.05, 0) is 18.6 Å². The molecular weight excluding hydrogens is 240 g/mol. The maximum atomic E-state index is 5.67. The van der Waals surface area contributed by atoms with Gasteiger partial charge in [0.2, 0.25) is 0 Å².